The van der Waals surface area contributed by atoms with Gasteiger partial charge in [0, 0.05) is 58.0 Å². The Bertz CT molecular complexity index is 1340. The SMILES string of the molecule is COCC1CCN(Cc2cc(O)c3c(c2N(C)C)CC2C[C@H]4CC(=O)C(C(N)=O)=C(O)[C@@]4(O)C(=O)C2=C3O)CC1. The third-order valence-electron chi connectivity index (χ3n) is 9.07. The number of fused-ring (bicyclic) bond motifs is 3. The molecule has 3 aliphatic carbocycles. The number of aromatic hydroxyl groups is 1. The minimum absolute atomic E-state index is 0.105. The quantitative estimate of drug-likeness (QED) is 0.322. The maximum Gasteiger partial charge on any atom is 0.255 e. The molecule has 5 rings (SSSR count). The van der Waals surface area contributed by atoms with E-state index in [1.807, 2.05) is 19.0 Å². The Morgan fingerprint density at radius 2 is 1.85 bits per heavy atom. The van der Waals surface area contributed by atoms with Crippen LogP contribution in [0.1, 0.15) is 42.4 Å². The van der Waals surface area contributed by atoms with Crippen LogP contribution in [-0.4, -0.2) is 89.3 Å². The van der Waals surface area contributed by atoms with Gasteiger partial charge in [0.1, 0.15) is 22.8 Å². The summed E-state index contributed by atoms with van der Waals surface area (Å²) in [4.78, 5) is 42.4. The van der Waals surface area contributed by atoms with Crippen LogP contribution in [0.3, 0.4) is 0 Å². The largest absolute Gasteiger partial charge is 0.508 e. The van der Waals surface area contributed by atoms with E-state index in [1.54, 1.807) is 13.2 Å². The van der Waals surface area contributed by atoms with E-state index in [1.165, 1.54) is 0 Å². The van der Waals surface area contributed by atoms with Crippen molar-refractivity contribution in [3.05, 3.63) is 39.7 Å². The van der Waals surface area contributed by atoms with Gasteiger partial charge in [-0.2, -0.15) is 0 Å². The van der Waals surface area contributed by atoms with E-state index in [0.29, 0.717) is 18.0 Å². The number of piperidine rings is 1. The molecule has 1 amide bonds. The number of anilines is 1. The molecule has 216 valence electrons. The molecular formula is C29H37N3O8. The van der Waals surface area contributed by atoms with Crippen molar-refractivity contribution in [3.63, 3.8) is 0 Å². The summed E-state index contributed by atoms with van der Waals surface area (Å²) in [7, 11) is 5.48. The van der Waals surface area contributed by atoms with Crippen LogP contribution in [0, 0.1) is 17.8 Å². The number of ether oxygens (including phenoxy) is 1. The number of phenolic OH excluding ortho intramolecular Hbond substituents is 1. The van der Waals surface area contributed by atoms with Crippen LogP contribution in [0.25, 0.3) is 5.76 Å². The van der Waals surface area contributed by atoms with Crippen molar-refractivity contribution in [3.8, 4) is 5.75 Å². The number of Topliss-reactive ketones (excluding diaryl/α,β-unsaturated/α-hetero) is 2. The molecule has 1 aromatic carbocycles. The highest BCUT2D eigenvalue weighted by Crippen LogP contribution is 2.53. The highest BCUT2D eigenvalue weighted by molar-refractivity contribution is 6.22. The van der Waals surface area contributed by atoms with Crippen LogP contribution in [0.5, 0.6) is 5.75 Å². The molecule has 0 spiro atoms. The Morgan fingerprint density at radius 1 is 1.18 bits per heavy atom. The van der Waals surface area contributed by atoms with Crippen LogP contribution < -0.4 is 10.6 Å². The Hall–Kier alpha value is -3.41. The first-order valence-electron chi connectivity index (χ1n) is 13.6. The minimum atomic E-state index is -2.57. The van der Waals surface area contributed by atoms with Gasteiger partial charge in [-0.15, -0.1) is 0 Å². The number of amides is 1. The number of nitrogens with two attached hydrogens (primary N) is 1. The number of likely N-dealkylation sites (tertiary alicyclic amines) is 1. The molecule has 0 bridgehead atoms. The Balaban J connectivity index is 1.56. The van der Waals surface area contributed by atoms with Crippen LogP contribution >= 0.6 is 0 Å². The molecule has 0 radical (unpaired) electrons. The van der Waals surface area contributed by atoms with Gasteiger partial charge in [0.2, 0.25) is 5.78 Å². The van der Waals surface area contributed by atoms with E-state index in [0.717, 1.165) is 43.8 Å². The molecule has 3 atom stereocenters. The van der Waals surface area contributed by atoms with Gasteiger partial charge in [-0.05, 0) is 67.8 Å². The maximum absolute atomic E-state index is 13.7. The van der Waals surface area contributed by atoms with Gasteiger partial charge < -0.3 is 35.8 Å². The summed E-state index contributed by atoms with van der Waals surface area (Å²) in [5.41, 5.74) is 4.27. The first-order chi connectivity index (χ1) is 18.9. The lowest BCUT2D eigenvalue weighted by atomic mass is 9.59. The molecule has 1 heterocycles. The first kappa shape index (κ1) is 28.1. The van der Waals surface area contributed by atoms with E-state index in [-0.39, 0.29) is 36.1 Å². The molecule has 0 aromatic heterocycles. The Labute approximate surface area is 232 Å². The number of phenols is 1. The lowest BCUT2D eigenvalue weighted by molar-refractivity contribution is -0.147. The average Bonchev–Trinajstić information content (AvgIpc) is 2.87. The van der Waals surface area contributed by atoms with E-state index in [2.05, 4.69) is 4.90 Å². The number of ketones is 2. The van der Waals surface area contributed by atoms with Crippen molar-refractivity contribution in [1.29, 1.82) is 0 Å². The third kappa shape index (κ3) is 4.27. The second-order valence-corrected chi connectivity index (χ2v) is 11.7. The molecule has 2 fully saturated rings. The van der Waals surface area contributed by atoms with Crippen LogP contribution in [0.2, 0.25) is 0 Å². The summed E-state index contributed by atoms with van der Waals surface area (Å²) in [5, 5.41) is 44.7. The zero-order valence-electron chi connectivity index (χ0n) is 23.1. The van der Waals surface area contributed by atoms with Crippen LogP contribution in [0.4, 0.5) is 5.69 Å². The Kier molecular flexibility index (Phi) is 7.18. The molecule has 1 aliphatic heterocycles. The molecule has 40 heavy (non-hydrogen) atoms. The fourth-order valence-corrected chi connectivity index (χ4v) is 7.21. The van der Waals surface area contributed by atoms with E-state index in [4.69, 9.17) is 10.5 Å². The number of benzene rings is 1. The van der Waals surface area contributed by atoms with Gasteiger partial charge in [-0.3, -0.25) is 19.3 Å². The zero-order valence-corrected chi connectivity index (χ0v) is 23.1. The summed E-state index contributed by atoms with van der Waals surface area (Å²) >= 11 is 0. The van der Waals surface area contributed by atoms with Gasteiger partial charge >= 0.3 is 0 Å². The molecule has 1 aromatic rings. The number of primary amides is 1. The van der Waals surface area contributed by atoms with Crippen molar-refractivity contribution in [1.82, 2.24) is 4.90 Å². The molecule has 11 nitrogen and oxygen atoms in total. The van der Waals surface area contributed by atoms with Gasteiger partial charge in [-0.1, -0.05) is 0 Å². The normalized spacial score (nSPS) is 27.4. The van der Waals surface area contributed by atoms with Crippen molar-refractivity contribution >= 4 is 28.9 Å². The van der Waals surface area contributed by atoms with E-state index >= 15 is 0 Å². The van der Waals surface area contributed by atoms with Crippen molar-refractivity contribution in [2.24, 2.45) is 23.5 Å². The number of hydrogen-bond acceptors (Lipinski definition) is 10. The topological polar surface area (TPSA) is 174 Å². The molecule has 1 saturated heterocycles. The molecular weight excluding hydrogens is 518 g/mol. The minimum Gasteiger partial charge on any atom is -0.508 e. The van der Waals surface area contributed by atoms with Crippen molar-refractivity contribution < 1.29 is 39.5 Å². The fourth-order valence-electron chi connectivity index (χ4n) is 7.21. The second kappa shape index (κ2) is 10.2. The van der Waals surface area contributed by atoms with Crippen molar-refractivity contribution in [2.75, 3.05) is 45.8 Å². The number of carbonyl (C=O) groups is 3. The standard InChI is InChI=1S/C29H37N3O8/c1-31(2)24-16(12-32-6-4-14(5-7-32)13-40-3)10-19(33)22-18(24)9-15-8-17-11-20(34)23(28(30)38)27(37)29(17,39)26(36)21(15)25(22)35/h10,14-15,17,33,35,37,39H,4-9,11-13H2,1-3H3,(H2,30,38)/t15?,17-,29-/m0/s1. The lowest BCUT2D eigenvalue weighted by Crippen LogP contribution is -2.58. The predicted molar refractivity (Wildman–Crippen MR) is 146 cm³/mol. The number of hydrogen-bond donors (Lipinski definition) is 5. The molecule has 6 N–H and O–H groups in total. The third-order valence-corrected chi connectivity index (χ3v) is 9.07. The fraction of sp³-hybridized carbons (Fsp3) is 0.552. The smallest absolute Gasteiger partial charge is 0.255 e. The monoisotopic (exact) mass is 555 g/mol. The lowest BCUT2D eigenvalue weighted by Gasteiger charge is -2.46. The highest BCUT2D eigenvalue weighted by Gasteiger charge is 2.60. The summed E-state index contributed by atoms with van der Waals surface area (Å²) in [6.07, 6.45) is 2.07. The van der Waals surface area contributed by atoms with Gasteiger partial charge in [0.25, 0.3) is 5.91 Å². The van der Waals surface area contributed by atoms with Crippen LogP contribution in [-0.2, 0) is 32.1 Å². The Morgan fingerprint density at radius 3 is 2.45 bits per heavy atom. The summed E-state index contributed by atoms with van der Waals surface area (Å²) in [6, 6.07) is 1.61. The van der Waals surface area contributed by atoms with Crippen molar-refractivity contribution in [2.45, 2.75) is 44.2 Å². The molecule has 4 aliphatic rings. The number of nitrogens with zero attached hydrogens (tertiary/aromatic N) is 2. The average molecular weight is 556 g/mol. The molecule has 1 saturated carbocycles. The van der Waals surface area contributed by atoms with E-state index in [9.17, 15) is 34.8 Å². The van der Waals surface area contributed by atoms with Gasteiger partial charge in [0.05, 0.1) is 5.56 Å². The first-order valence-corrected chi connectivity index (χ1v) is 13.6. The number of rotatable bonds is 6. The predicted octanol–water partition coefficient (Wildman–Crippen LogP) is 1.35. The maximum atomic E-state index is 13.7. The number of aliphatic hydroxyl groups is 3. The highest BCUT2D eigenvalue weighted by atomic mass is 16.5. The number of carbonyl (C=O) groups excluding carboxylic acids is 3. The molecule has 1 unspecified atom stereocenters. The van der Waals surface area contributed by atoms with Gasteiger partial charge in [-0.25, -0.2) is 0 Å². The van der Waals surface area contributed by atoms with Gasteiger partial charge in [0.15, 0.2) is 11.4 Å². The summed E-state index contributed by atoms with van der Waals surface area (Å²) < 4.78 is 5.31. The molecule has 11 heteroatoms. The van der Waals surface area contributed by atoms with E-state index < -0.39 is 52.0 Å². The number of methoxy groups -OCH3 is 1. The van der Waals surface area contributed by atoms with Crippen LogP contribution in [0.15, 0.2) is 23.0 Å². The second-order valence-electron chi connectivity index (χ2n) is 11.7. The number of aliphatic hydroxyl groups excluding tert-OH is 2. The zero-order chi connectivity index (χ0) is 29.1. The summed E-state index contributed by atoms with van der Waals surface area (Å²) in [6.45, 7) is 3.12. The summed E-state index contributed by atoms with van der Waals surface area (Å²) in [5.74, 6) is -5.73.